The number of nitrogens with zero attached hydrogens (tertiary/aromatic N) is 3. The number of allylic oxidation sites excluding steroid dienone is 2. The van der Waals surface area contributed by atoms with Gasteiger partial charge in [-0.1, -0.05) is 6.07 Å². The van der Waals surface area contributed by atoms with E-state index in [0.717, 1.165) is 16.1 Å². The van der Waals surface area contributed by atoms with Gasteiger partial charge in [-0.15, -0.1) is 11.3 Å². The van der Waals surface area contributed by atoms with Crippen LogP contribution < -0.4 is 5.32 Å². The molecule has 5 nitrogen and oxygen atoms in total. The molecule has 0 fully saturated rings. The van der Waals surface area contributed by atoms with E-state index in [2.05, 4.69) is 15.4 Å². The molecule has 2 aromatic rings. The van der Waals surface area contributed by atoms with Gasteiger partial charge in [-0.25, -0.2) is 4.68 Å². The quantitative estimate of drug-likeness (QED) is 0.899. The molecule has 1 aliphatic heterocycles. The number of ketones is 1. The summed E-state index contributed by atoms with van der Waals surface area (Å²) in [6.07, 6.45) is 1.50. The molecule has 3 heterocycles. The first-order chi connectivity index (χ1) is 8.68. The highest BCUT2D eigenvalue weighted by Crippen LogP contribution is 2.36. The van der Waals surface area contributed by atoms with Gasteiger partial charge in [0, 0.05) is 16.1 Å². The molecule has 1 N–H and O–H groups in total. The number of nitrogens with one attached hydrogen (secondary N) is 1. The first-order valence-electron chi connectivity index (χ1n) is 5.60. The molecule has 1 aliphatic rings. The van der Waals surface area contributed by atoms with Crippen LogP contribution in [0.1, 0.15) is 24.8 Å². The number of Topliss-reactive ketones (excluding diaryl/α,β-unsaturated/α-hetero) is 1. The van der Waals surface area contributed by atoms with E-state index in [1.165, 1.54) is 6.33 Å². The largest absolute Gasteiger partial charge is 0.328 e. The molecule has 0 saturated carbocycles. The summed E-state index contributed by atoms with van der Waals surface area (Å²) in [5.41, 5.74) is 1.59. The lowest BCUT2D eigenvalue weighted by Crippen LogP contribution is -2.27. The van der Waals surface area contributed by atoms with Crippen molar-refractivity contribution in [1.29, 1.82) is 0 Å². The molecular weight excluding hydrogens is 248 g/mol. The van der Waals surface area contributed by atoms with Gasteiger partial charge < -0.3 is 5.32 Å². The van der Waals surface area contributed by atoms with E-state index in [4.69, 9.17) is 0 Å². The molecule has 0 aliphatic carbocycles. The molecule has 0 bridgehead atoms. The number of aromatic nitrogens is 3. The minimum absolute atomic E-state index is 0.0551. The van der Waals surface area contributed by atoms with Crippen LogP contribution in [0, 0.1) is 0 Å². The predicted molar refractivity (Wildman–Crippen MR) is 69.5 cm³/mol. The van der Waals surface area contributed by atoms with Crippen LogP contribution in [-0.2, 0) is 4.79 Å². The molecular formula is C12H12N4OS. The maximum atomic E-state index is 11.9. The van der Waals surface area contributed by atoms with Crippen LogP contribution in [0.2, 0.25) is 0 Å². The first kappa shape index (κ1) is 11.2. The number of thiophene rings is 1. The second-order valence-corrected chi connectivity index (χ2v) is 5.15. The number of carbonyl (C=O) groups is 1. The van der Waals surface area contributed by atoms with Gasteiger partial charge in [0.25, 0.3) is 0 Å². The van der Waals surface area contributed by atoms with E-state index >= 15 is 0 Å². The van der Waals surface area contributed by atoms with Crippen molar-refractivity contribution in [2.45, 2.75) is 19.9 Å². The lowest BCUT2D eigenvalue weighted by molar-refractivity contribution is -0.114. The molecule has 92 valence electrons. The summed E-state index contributed by atoms with van der Waals surface area (Å²) in [7, 11) is 0. The first-order valence-corrected chi connectivity index (χ1v) is 6.48. The van der Waals surface area contributed by atoms with Crippen molar-refractivity contribution < 1.29 is 4.79 Å². The lowest BCUT2D eigenvalue weighted by atomic mass is 9.98. The van der Waals surface area contributed by atoms with Crippen LogP contribution in [0.15, 0.2) is 35.1 Å². The molecule has 3 rings (SSSR count). The Balaban J connectivity index is 2.21. The third kappa shape index (κ3) is 1.57. The fraction of sp³-hybridized carbons (Fsp3) is 0.250. The van der Waals surface area contributed by atoms with Gasteiger partial charge >= 0.3 is 0 Å². The van der Waals surface area contributed by atoms with E-state index in [-0.39, 0.29) is 11.8 Å². The van der Waals surface area contributed by atoms with Crippen LogP contribution in [0.4, 0.5) is 5.95 Å². The van der Waals surface area contributed by atoms with Crippen LogP contribution in [0.3, 0.4) is 0 Å². The molecule has 0 unspecified atom stereocenters. The smallest absolute Gasteiger partial charge is 0.226 e. The highest BCUT2D eigenvalue weighted by atomic mass is 32.1. The molecule has 0 spiro atoms. The van der Waals surface area contributed by atoms with Gasteiger partial charge in [0.05, 0.1) is 0 Å². The van der Waals surface area contributed by atoms with E-state index in [1.807, 2.05) is 24.4 Å². The van der Waals surface area contributed by atoms with Gasteiger partial charge in [0.1, 0.15) is 12.4 Å². The molecule has 1 atom stereocenters. The standard InChI is InChI=1S/C12H12N4OS/c1-7-10(8(2)17)11(9-4-3-5-18-9)16-12(15-7)13-6-14-16/h3-6,11H,1-2H3,(H,13,14,15)/t11-/m1/s1. The molecule has 0 amide bonds. The van der Waals surface area contributed by atoms with Gasteiger partial charge in [-0.2, -0.15) is 10.1 Å². The fourth-order valence-electron chi connectivity index (χ4n) is 2.26. The number of fused-ring (bicyclic) bond motifs is 1. The third-order valence-electron chi connectivity index (χ3n) is 2.99. The number of carbonyl (C=O) groups excluding carboxylic acids is 1. The monoisotopic (exact) mass is 260 g/mol. The van der Waals surface area contributed by atoms with E-state index in [1.54, 1.807) is 22.9 Å². The second-order valence-electron chi connectivity index (χ2n) is 4.17. The van der Waals surface area contributed by atoms with Gasteiger partial charge in [-0.3, -0.25) is 4.79 Å². The SMILES string of the molecule is CC(=O)C1=C(C)Nc2ncnn2[C@@H]1c1cccs1. The number of hydrogen-bond donors (Lipinski definition) is 1. The van der Waals surface area contributed by atoms with Crippen molar-refractivity contribution in [2.24, 2.45) is 0 Å². The Bertz CT molecular complexity index is 626. The Hall–Kier alpha value is -1.95. The van der Waals surface area contributed by atoms with Crippen molar-refractivity contribution in [3.8, 4) is 0 Å². The molecule has 0 radical (unpaired) electrons. The summed E-state index contributed by atoms with van der Waals surface area (Å²) in [6.45, 7) is 3.48. The summed E-state index contributed by atoms with van der Waals surface area (Å²) < 4.78 is 1.76. The van der Waals surface area contributed by atoms with Crippen LogP contribution in [-0.4, -0.2) is 20.5 Å². The van der Waals surface area contributed by atoms with E-state index < -0.39 is 0 Å². The highest BCUT2D eigenvalue weighted by molar-refractivity contribution is 7.10. The summed E-state index contributed by atoms with van der Waals surface area (Å²) in [5.74, 6) is 0.732. The van der Waals surface area contributed by atoms with Gasteiger partial charge in [-0.05, 0) is 25.3 Å². The summed E-state index contributed by atoms with van der Waals surface area (Å²) in [5, 5.41) is 9.34. The highest BCUT2D eigenvalue weighted by Gasteiger charge is 2.31. The number of anilines is 1. The Morgan fingerprint density at radius 2 is 2.39 bits per heavy atom. The zero-order valence-electron chi connectivity index (χ0n) is 10.0. The number of rotatable bonds is 2. The zero-order valence-corrected chi connectivity index (χ0v) is 10.9. The average molecular weight is 260 g/mol. The zero-order chi connectivity index (χ0) is 12.7. The number of hydrogen-bond acceptors (Lipinski definition) is 5. The van der Waals surface area contributed by atoms with Gasteiger partial charge in [0.2, 0.25) is 5.95 Å². The lowest BCUT2D eigenvalue weighted by Gasteiger charge is -2.26. The van der Waals surface area contributed by atoms with Crippen molar-refractivity contribution in [3.63, 3.8) is 0 Å². The fourth-order valence-corrected chi connectivity index (χ4v) is 3.08. The molecule has 2 aromatic heterocycles. The Morgan fingerprint density at radius 3 is 3.06 bits per heavy atom. The Kier molecular flexibility index (Phi) is 2.52. The van der Waals surface area contributed by atoms with Crippen molar-refractivity contribution in [3.05, 3.63) is 40.0 Å². The molecule has 0 aromatic carbocycles. The second kappa shape index (κ2) is 4.06. The summed E-state index contributed by atoms with van der Waals surface area (Å²) >= 11 is 1.62. The summed E-state index contributed by atoms with van der Waals surface area (Å²) in [6, 6.07) is 3.83. The van der Waals surface area contributed by atoms with Crippen molar-refractivity contribution in [1.82, 2.24) is 14.8 Å². The minimum atomic E-state index is -0.166. The van der Waals surface area contributed by atoms with Crippen LogP contribution in [0.5, 0.6) is 0 Å². The van der Waals surface area contributed by atoms with Gasteiger partial charge in [0.15, 0.2) is 5.78 Å². The summed E-state index contributed by atoms with van der Waals surface area (Å²) in [4.78, 5) is 17.1. The third-order valence-corrected chi connectivity index (χ3v) is 3.91. The predicted octanol–water partition coefficient (Wildman–Crippen LogP) is 2.22. The van der Waals surface area contributed by atoms with Crippen molar-refractivity contribution in [2.75, 3.05) is 5.32 Å². The minimum Gasteiger partial charge on any atom is -0.328 e. The van der Waals surface area contributed by atoms with Crippen LogP contribution >= 0.6 is 11.3 Å². The van der Waals surface area contributed by atoms with Crippen molar-refractivity contribution >= 4 is 23.1 Å². The Labute approximate surface area is 108 Å². The molecule has 0 saturated heterocycles. The maximum Gasteiger partial charge on any atom is 0.226 e. The Morgan fingerprint density at radius 1 is 1.56 bits per heavy atom. The molecule has 18 heavy (non-hydrogen) atoms. The average Bonchev–Trinajstić information content (AvgIpc) is 2.96. The van der Waals surface area contributed by atoms with E-state index in [0.29, 0.717) is 5.95 Å². The normalized spacial score (nSPS) is 18.4. The van der Waals surface area contributed by atoms with E-state index in [9.17, 15) is 4.79 Å². The maximum absolute atomic E-state index is 11.9. The topological polar surface area (TPSA) is 59.8 Å². The molecule has 6 heteroatoms. The van der Waals surface area contributed by atoms with Crippen LogP contribution in [0.25, 0.3) is 0 Å².